The van der Waals surface area contributed by atoms with Crippen LogP contribution >= 0.6 is 7.60 Å². The Balaban J connectivity index is 2.04. The molecule has 1 aromatic rings. The molecule has 8 nitrogen and oxygen atoms in total. The fourth-order valence-corrected chi connectivity index (χ4v) is 2.68. The number of rotatable bonds is 3. The van der Waals surface area contributed by atoms with Crippen LogP contribution in [0, 0.1) is 0 Å². The van der Waals surface area contributed by atoms with Crippen LogP contribution in [0.15, 0.2) is 17.1 Å². The molecule has 1 aromatic heterocycles. The number of nitrogens with two attached hydrogens (primary N) is 1. The first-order chi connectivity index (χ1) is 8.36. The molecule has 18 heavy (non-hydrogen) atoms. The Morgan fingerprint density at radius 3 is 2.83 bits per heavy atom. The third-order valence-corrected chi connectivity index (χ3v) is 3.89. The first-order valence-electron chi connectivity index (χ1n) is 5.40. The number of nitrogens with zero attached hydrogens (tertiary/aromatic N) is 2. The van der Waals surface area contributed by atoms with Crippen LogP contribution in [-0.4, -0.2) is 31.3 Å². The Bertz CT molecular complexity index is 539. The molecule has 0 radical (unpaired) electrons. The van der Waals surface area contributed by atoms with E-state index in [0.717, 1.165) is 0 Å². The molecule has 0 saturated carbocycles. The second kappa shape index (κ2) is 4.81. The smallest absolute Gasteiger partial charge is 0.354 e. The van der Waals surface area contributed by atoms with Gasteiger partial charge in [0.05, 0.1) is 12.6 Å². The number of nitrogen functional groups attached to an aromatic ring is 1. The van der Waals surface area contributed by atoms with E-state index in [1.807, 2.05) is 0 Å². The Morgan fingerprint density at radius 2 is 2.28 bits per heavy atom. The summed E-state index contributed by atoms with van der Waals surface area (Å²) in [5, 5.41) is 0. The van der Waals surface area contributed by atoms with Crippen molar-refractivity contribution in [1.82, 2.24) is 9.55 Å². The molecule has 4 N–H and O–H groups in total. The van der Waals surface area contributed by atoms with E-state index >= 15 is 0 Å². The van der Waals surface area contributed by atoms with E-state index in [9.17, 15) is 9.36 Å². The van der Waals surface area contributed by atoms with E-state index in [0.29, 0.717) is 6.42 Å². The minimum absolute atomic E-state index is 0.136. The lowest BCUT2D eigenvalue weighted by molar-refractivity contribution is 0.0606. The second-order valence-corrected chi connectivity index (χ2v) is 5.92. The Labute approximate surface area is 103 Å². The van der Waals surface area contributed by atoms with Crippen molar-refractivity contribution in [3.63, 3.8) is 0 Å². The summed E-state index contributed by atoms with van der Waals surface area (Å²) >= 11 is 0. The lowest BCUT2D eigenvalue weighted by Crippen LogP contribution is -2.28. The van der Waals surface area contributed by atoms with Crippen molar-refractivity contribution in [2.45, 2.75) is 31.3 Å². The summed E-state index contributed by atoms with van der Waals surface area (Å²) in [6.45, 7) is 0.211. The maximum absolute atomic E-state index is 11.5. The van der Waals surface area contributed by atoms with Crippen LogP contribution in [-0.2, 0) is 15.8 Å². The Hall–Kier alpha value is -1.21. The van der Waals surface area contributed by atoms with E-state index in [4.69, 9.17) is 20.3 Å². The molecule has 1 aliphatic heterocycles. The molecular weight excluding hydrogens is 261 g/mol. The zero-order chi connectivity index (χ0) is 13.3. The van der Waals surface area contributed by atoms with Crippen molar-refractivity contribution in [2.75, 3.05) is 5.73 Å². The molecule has 0 aromatic carbocycles. The highest BCUT2D eigenvalue weighted by Gasteiger charge is 2.37. The average Bonchev–Trinajstić information content (AvgIpc) is 2.70. The average molecular weight is 275 g/mol. The van der Waals surface area contributed by atoms with Crippen LogP contribution in [0.3, 0.4) is 0 Å². The van der Waals surface area contributed by atoms with Crippen LogP contribution in [0.5, 0.6) is 0 Å². The summed E-state index contributed by atoms with van der Waals surface area (Å²) in [5.74, 6) is -0.934. The summed E-state index contributed by atoms with van der Waals surface area (Å²) in [6, 6.07) is 1.48. The van der Waals surface area contributed by atoms with E-state index in [2.05, 4.69) is 4.98 Å². The molecule has 1 fully saturated rings. The molecule has 2 rings (SSSR count). The van der Waals surface area contributed by atoms with Crippen LogP contribution < -0.4 is 11.4 Å². The number of ether oxygens (including phenoxy) is 1. The SMILES string of the molecule is Nc1ccn(CC2CCC(P(=O)(O)O)O2)c(=O)n1. The van der Waals surface area contributed by atoms with Crippen LogP contribution in [0.1, 0.15) is 12.8 Å². The zero-order valence-corrected chi connectivity index (χ0v) is 10.4. The molecule has 0 amide bonds. The number of anilines is 1. The monoisotopic (exact) mass is 275 g/mol. The Morgan fingerprint density at radius 1 is 1.56 bits per heavy atom. The van der Waals surface area contributed by atoms with Gasteiger partial charge in [0.1, 0.15) is 5.82 Å². The van der Waals surface area contributed by atoms with Gasteiger partial charge in [0.25, 0.3) is 0 Å². The van der Waals surface area contributed by atoms with Crippen molar-refractivity contribution in [3.8, 4) is 0 Å². The third-order valence-electron chi connectivity index (χ3n) is 2.76. The van der Waals surface area contributed by atoms with Crippen molar-refractivity contribution in [2.24, 2.45) is 0 Å². The summed E-state index contributed by atoms with van der Waals surface area (Å²) in [7, 11) is -4.22. The summed E-state index contributed by atoms with van der Waals surface area (Å²) in [6.07, 6.45) is 1.86. The lowest BCUT2D eigenvalue weighted by atomic mass is 10.2. The summed E-state index contributed by atoms with van der Waals surface area (Å²) in [5.41, 5.74) is 4.85. The highest BCUT2D eigenvalue weighted by molar-refractivity contribution is 7.52. The minimum atomic E-state index is -4.22. The third kappa shape index (κ3) is 2.97. The van der Waals surface area contributed by atoms with Gasteiger partial charge in [-0.1, -0.05) is 0 Å². The molecule has 0 bridgehead atoms. The predicted octanol–water partition coefficient (Wildman–Crippen LogP) is -0.492. The molecule has 2 unspecified atom stereocenters. The van der Waals surface area contributed by atoms with E-state index < -0.39 is 25.2 Å². The summed E-state index contributed by atoms with van der Waals surface area (Å²) < 4.78 is 17.6. The molecule has 100 valence electrons. The van der Waals surface area contributed by atoms with Gasteiger partial charge in [-0.05, 0) is 18.9 Å². The van der Waals surface area contributed by atoms with Crippen LogP contribution in [0.2, 0.25) is 0 Å². The molecule has 0 aliphatic carbocycles. The Kier molecular flexibility index (Phi) is 3.54. The fourth-order valence-electron chi connectivity index (χ4n) is 1.87. The van der Waals surface area contributed by atoms with Crippen molar-refractivity contribution >= 4 is 13.4 Å². The molecule has 2 atom stereocenters. The van der Waals surface area contributed by atoms with Crippen LogP contribution in [0.25, 0.3) is 0 Å². The van der Waals surface area contributed by atoms with E-state index in [1.54, 1.807) is 0 Å². The normalized spacial score (nSPS) is 24.3. The van der Waals surface area contributed by atoms with Gasteiger partial charge in [-0.25, -0.2) is 4.79 Å². The van der Waals surface area contributed by atoms with Gasteiger partial charge in [-0.15, -0.1) is 0 Å². The predicted molar refractivity (Wildman–Crippen MR) is 62.8 cm³/mol. The van der Waals surface area contributed by atoms with Crippen molar-refractivity contribution < 1.29 is 19.1 Å². The minimum Gasteiger partial charge on any atom is -0.383 e. The van der Waals surface area contributed by atoms with Crippen molar-refractivity contribution in [1.29, 1.82) is 0 Å². The molecule has 9 heteroatoms. The zero-order valence-electron chi connectivity index (χ0n) is 9.47. The van der Waals surface area contributed by atoms with Crippen molar-refractivity contribution in [3.05, 3.63) is 22.7 Å². The molecular formula is C9H14N3O5P. The fraction of sp³-hybridized carbons (Fsp3) is 0.556. The molecule has 1 saturated heterocycles. The maximum Gasteiger partial charge on any atom is 0.354 e. The standard InChI is InChI=1S/C9H14N3O5P/c10-7-3-4-12(9(13)11-7)5-6-1-2-8(17-6)18(14,15)16/h3-4,6,8H,1-2,5H2,(H2,10,11,13)(H2,14,15,16). The summed E-state index contributed by atoms with van der Waals surface area (Å²) in [4.78, 5) is 33.0. The first kappa shape index (κ1) is 13.2. The highest BCUT2D eigenvalue weighted by atomic mass is 31.2. The largest absolute Gasteiger partial charge is 0.383 e. The first-order valence-corrected chi connectivity index (χ1v) is 7.08. The van der Waals surface area contributed by atoms with Gasteiger partial charge >= 0.3 is 13.3 Å². The van der Waals surface area contributed by atoms with Gasteiger partial charge in [0, 0.05) is 6.20 Å². The number of aromatic nitrogens is 2. The molecule has 2 heterocycles. The number of hydrogen-bond donors (Lipinski definition) is 3. The molecule has 0 spiro atoms. The number of hydrogen-bond acceptors (Lipinski definition) is 5. The topological polar surface area (TPSA) is 128 Å². The van der Waals surface area contributed by atoms with Gasteiger partial charge in [-0.2, -0.15) is 4.98 Å². The molecule has 1 aliphatic rings. The van der Waals surface area contributed by atoms with Gasteiger partial charge < -0.3 is 20.3 Å². The quantitative estimate of drug-likeness (QED) is 0.635. The second-order valence-electron chi connectivity index (χ2n) is 4.17. The highest BCUT2D eigenvalue weighted by Crippen LogP contribution is 2.47. The van der Waals surface area contributed by atoms with E-state index in [1.165, 1.54) is 16.8 Å². The lowest BCUT2D eigenvalue weighted by Gasteiger charge is -2.15. The van der Waals surface area contributed by atoms with Gasteiger partial charge in [0.2, 0.25) is 0 Å². The van der Waals surface area contributed by atoms with E-state index in [-0.39, 0.29) is 18.8 Å². The van der Waals surface area contributed by atoms with Gasteiger partial charge in [-0.3, -0.25) is 9.13 Å². The van der Waals surface area contributed by atoms with Crippen LogP contribution in [0.4, 0.5) is 5.82 Å². The van der Waals surface area contributed by atoms with Gasteiger partial charge in [0.15, 0.2) is 5.85 Å². The maximum atomic E-state index is 11.5.